The summed E-state index contributed by atoms with van der Waals surface area (Å²) in [4.78, 5) is 2.32. The number of nitrogens with zero attached hydrogens (tertiary/aromatic N) is 2. The molecule has 0 bridgehead atoms. The van der Waals surface area contributed by atoms with Crippen LogP contribution in [0, 0.1) is 0 Å². The number of aromatic nitrogens is 1. The Morgan fingerprint density at radius 2 is 0.947 bits per heavy atom. The molecule has 0 unspecified atom stereocenters. The van der Waals surface area contributed by atoms with Gasteiger partial charge in [0.25, 0.3) is 0 Å². The first-order valence-electron chi connectivity index (χ1n) is 19.2. The van der Waals surface area contributed by atoms with Crippen LogP contribution in [-0.4, -0.2) is 4.57 Å². The molecule has 0 N–H and O–H groups in total. The molecule has 0 saturated heterocycles. The van der Waals surface area contributed by atoms with Gasteiger partial charge in [-0.25, -0.2) is 0 Å². The van der Waals surface area contributed by atoms with Crippen LogP contribution in [0.2, 0.25) is 0 Å². The van der Waals surface area contributed by atoms with Gasteiger partial charge in [0.05, 0.1) is 11.0 Å². The van der Waals surface area contributed by atoms with E-state index in [1.165, 1.54) is 38.5 Å². The zero-order valence-electron chi connectivity index (χ0n) is 31.3. The standard InChI is InChI=1S/C54H38N2O/c1-3-46-49-20-13-19-47(54(49)57-53(46)4-2)40-26-33-45(34-27-40)55(43-29-22-38(23-30-43)37-14-7-5-8-15-37)44-31-24-39(25-32-44)41-28-35-52-50(36-41)48-18-11-12-21-51(48)56(52)42-16-9-6-10-17-42/h3-36H,1-2H2. The number of hydrogen-bond donors (Lipinski definition) is 0. The lowest BCUT2D eigenvalue weighted by Gasteiger charge is -2.26. The van der Waals surface area contributed by atoms with Crippen molar-refractivity contribution in [2.24, 2.45) is 0 Å². The van der Waals surface area contributed by atoms with E-state index in [1.54, 1.807) is 6.08 Å². The van der Waals surface area contributed by atoms with Gasteiger partial charge in [-0.2, -0.15) is 0 Å². The lowest BCUT2D eigenvalue weighted by atomic mass is 10.0. The third kappa shape index (κ3) is 5.94. The molecule has 10 aromatic rings. The third-order valence-corrected chi connectivity index (χ3v) is 11.0. The Kier molecular flexibility index (Phi) is 8.46. The van der Waals surface area contributed by atoms with Crippen molar-refractivity contribution in [1.82, 2.24) is 4.57 Å². The lowest BCUT2D eigenvalue weighted by molar-refractivity contribution is 0.604. The number of furan rings is 1. The van der Waals surface area contributed by atoms with E-state index in [0.29, 0.717) is 0 Å². The summed E-state index contributed by atoms with van der Waals surface area (Å²) in [7, 11) is 0. The molecule has 0 amide bonds. The van der Waals surface area contributed by atoms with Crippen LogP contribution in [0.15, 0.2) is 212 Å². The molecule has 8 aromatic carbocycles. The molecule has 0 aliphatic carbocycles. The number of para-hydroxylation sites is 3. The fraction of sp³-hybridized carbons (Fsp3) is 0. The molecular weight excluding hydrogens is 693 g/mol. The van der Waals surface area contributed by atoms with Crippen molar-refractivity contribution < 1.29 is 4.42 Å². The van der Waals surface area contributed by atoms with Crippen molar-refractivity contribution in [3.63, 3.8) is 0 Å². The normalized spacial score (nSPS) is 11.3. The zero-order valence-corrected chi connectivity index (χ0v) is 31.3. The Hall–Kier alpha value is -7.62. The van der Waals surface area contributed by atoms with E-state index in [-0.39, 0.29) is 0 Å². The Balaban J connectivity index is 1.04. The molecule has 2 aromatic heterocycles. The van der Waals surface area contributed by atoms with Crippen molar-refractivity contribution in [2.45, 2.75) is 0 Å². The molecule has 270 valence electrons. The van der Waals surface area contributed by atoms with Crippen molar-refractivity contribution in [3.05, 3.63) is 219 Å². The minimum Gasteiger partial charge on any atom is -0.455 e. The number of hydrogen-bond acceptors (Lipinski definition) is 2. The third-order valence-electron chi connectivity index (χ3n) is 11.0. The first-order chi connectivity index (χ1) is 28.2. The second-order valence-electron chi connectivity index (χ2n) is 14.2. The summed E-state index contributed by atoms with van der Waals surface area (Å²) < 4.78 is 8.66. The first-order valence-corrected chi connectivity index (χ1v) is 19.2. The smallest absolute Gasteiger partial charge is 0.143 e. The number of anilines is 3. The van der Waals surface area contributed by atoms with Crippen LogP contribution in [0.25, 0.3) is 84.0 Å². The van der Waals surface area contributed by atoms with Crippen LogP contribution in [-0.2, 0) is 0 Å². The zero-order chi connectivity index (χ0) is 38.3. The molecule has 57 heavy (non-hydrogen) atoms. The highest BCUT2D eigenvalue weighted by Gasteiger charge is 2.18. The van der Waals surface area contributed by atoms with E-state index in [1.807, 2.05) is 6.08 Å². The highest BCUT2D eigenvalue weighted by Crippen LogP contribution is 2.41. The Labute approximate surface area is 332 Å². The van der Waals surface area contributed by atoms with Crippen molar-refractivity contribution in [1.29, 1.82) is 0 Å². The first kappa shape index (κ1) is 33.9. The van der Waals surface area contributed by atoms with Gasteiger partial charge in [0, 0.05) is 50.0 Å². The minimum absolute atomic E-state index is 0.733. The Morgan fingerprint density at radius 3 is 1.60 bits per heavy atom. The summed E-state index contributed by atoms with van der Waals surface area (Å²) >= 11 is 0. The van der Waals surface area contributed by atoms with Gasteiger partial charge in [0.15, 0.2) is 0 Å². The van der Waals surface area contributed by atoms with Gasteiger partial charge in [-0.3, -0.25) is 0 Å². The second-order valence-corrected chi connectivity index (χ2v) is 14.2. The quantitative estimate of drug-likeness (QED) is 0.147. The van der Waals surface area contributed by atoms with E-state index in [0.717, 1.165) is 61.7 Å². The lowest BCUT2D eigenvalue weighted by Crippen LogP contribution is -2.09. The van der Waals surface area contributed by atoms with Gasteiger partial charge in [-0.1, -0.05) is 147 Å². The topological polar surface area (TPSA) is 21.3 Å². The van der Waals surface area contributed by atoms with Gasteiger partial charge < -0.3 is 13.9 Å². The largest absolute Gasteiger partial charge is 0.455 e. The van der Waals surface area contributed by atoms with Gasteiger partial charge in [-0.05, 0) is 101 Å². The van der Waals surface area contributed by atoms with Gasteiger partial charge in [0.1, 0.15) is 11.3 Å². The summed E-state index contributed by atoms with van der Waals surface area (Å²) in [5.41, 5.74) is 15.4. The van der Waals surface area contributed by atoms with E-state index in [2.05, 4.69) is 217 Å². The molecule has 0 radical (unpaired) electrons. The maximum Gasteiger partial charge on any atom is 0.143 e. The fourth-order valence-electron chi connectivity index (χ4n) is 8.23. The van der Waals surface area contributed by atoms with Crippen LogP contribution in [0.5, 0.6) is 0 Å². The van der Waals surface area contributed by atoms with Gasteiger partial charge in [-0.15, -0.1) is 0 Å². The maximum atomic E-state index is 6.30. The van der Waals surface area contributed by atoms with Gasteiger partial charge in [0.2, 0.25) is 0 Å². The molecule has 0 aliphatic heterocycles. The second kappa shape index (κ2) is 14.2. The van der Waals surface area contributed by atoms with Crippen molar-refractivity contribution in [3.8, 4) is 39.1 Å². The van der Waals surface area contributed by atoms with Crippen LogP contribution in [0.1, 0.15) is 11.3 Å². The average molecular weight is 731 g/mol. The summed E-state index contributed by atoms with van der Waals surface area (Å²) in [6.45, 7) is 7.98. The van der Waals surface area contributed by atoms with Crippen LogP contribution in [0.4, 0.5) is 17.1 Å². The van der Waals surface area contributed by atoms with E-state index >= 15 is 0 Å². The molecule has 0 spiro atoms. The van der Waals surface area contributed by atoms with Crippen molar-refractivity contribution in [2.75, 3.05) is 4.90 Å². The number of benzene rings is 8. The van der Waals surface area contributed by atoms with Crippen LogP contribution >= 0.6 is 0 Å². The Bertz CT molecular complexity index is 3060. The summed E-state index contributed by atoms with van der Waals surface area (Å²) in [6.07, 6.45) is 3.59. The highest BCUT2D eigenvalue weighted by atomic mass is 16.3. The monoisotopic (exact) mass is 730 g/mol. The predicted octanol–water partition coefficient (Wildman–Crippen LogP) is 15.3. The molecule has 0 aliphatic rings. The van der Waals surface area contributed by atoms with Gasteiger partial charge >= 0.3 is 0 Å². The van der Waals surface area contributed by atoms with Crippen molar-refractivity contribution >= 4 is 62.0 Å². The van der Waals surface area contributed by atoms with Crippen LogP contribution < -0.4 is 4.90 Å². The average Bonchev–Trinajstić information content (AvgIpc) is 3.83. The molecule has 3 heteroatoms. The summed E-state index contributed by atoms with van der Waals surface area (Å²) in [5, 5.41) is 3.51. The highest BCUT2D eigenvalue weighted by molar-refractivity contribution is 6.10. The van der Waals surface area contributed by atoms with E-state index in [9.17, 15) is 0 Å². The predicted molar refractivity (Wildman–Crippen MR) is 242 cm³/mol. The maximum absolute atomic E-state index is 6.30. The molecule has 0 atom stereocenters. The molecule has 10 rings (SSSR count). The number of rotatable bonds is 9. The minimum atomic E-state index is 0.733. The van der Waals surface area contributed by atoms with E-state index in [4.69, 9.17) is 4.42 Å². The summed E-state index contributed by atoms with van der Waals surface area (Å²) in [6, 6.07) is 69.3. The molecule has 2 heterocycles. The SMILES string of the molecule is C=Cc1oc2c(-c3ccc(N(c4ccc(-c5ccccc5)cc4)c4ccc(-c5ccc6c(c5)c5ccccc5n6-c5ccccc5)cc4)cc3)cccc2c1C=C. The summed E-state index contributed by atoms with van der Waals surface area (Å²) in [5.74, 6) is 0.733. The number of fused-ring (bicyclic) bond motifs is 4. The molecule has 3 nitrogen and oxygen atoms in total. The van der Waals surface area contributed by atoms with Crippen LogP contribution in [0.3, 0.4) is 0 Å². The molecule has 0 fully saturated rings. The Morgan fingerprint density at radius 1 is 0.421 bits per heavy atom. The fourth-order valence-corrected chi connectivity index (χ4v) is 8.23. The van der Waals surface area contributed by atoms with E-state index < -0.39 is 0 Å². The molecule has 0 saturated carbocycles. The molecular formula is C54H38N2O.